The molecule has 0 aliphatic heterocycles. The molecule has 5 heteroatoms. The Balaban J connectivity index is 0.00000162. The zero-order chi connectivity index (χ0) is 11.9. The first-order valence-corrected chi connectivity index (χ1v) is 6.96. The zero-order valence-corrected chi connectivity index (χ0v) is 13.7. The molecule has 0 amide bonds. The van der Waals surface area contributed by atoms with Crippen LogP contribution in [0.1, 0.15) is 18.4 Å². The van der Waals surface area contributed by atoms with Crippen LogP contribution in [0.3, 0.4) is 0 Å². The number of halogens is 1. The van der Waals surface area contributed by atoms with Crippen LogP contribution in [0.25, 0.3) is 0 Å². The van der Waals surface area contributed by atoms with Gasteiger partial charge in [0.15, 0.2) is 5.96 Å². The zero-order valence-electron chi connectivity index (χ0n) is 10.6. The lowest BCUT2D eigenvalue weighted by Gasteiger charge is -2.16. The first-order valence-electron chi connectivity index (χ1n) is 6.02. The van der Waals surface area contributed by atoms with E-state index >= 15 is 0 Å². The minimum atomic E-state index is 0. The monoisotopic (exact) mass is 377 g/mol. The van der Waals surface area contributed by atoms with Crippen molar-refractivity contribution in [1.29, 1.82) is 0 Å². The van der Waals surface area contributed by atoms with E-state index in [4.69, 9.17) is 0 Å². The van der Waals surface area contributed by atoms with Crippen LogP contribution in [0.5, 0.6) is 0 Å². The second kappa shape index (κ2) is 8.53. The van der Waals surface area contributed by atoms with Gasteiger partial charge < -0.3 is 10.6 Å². The molecule has 0 fully saturated rings. The number of aliphatic imine (C=N–C) groups is 1. The van der Waals surface area contributed by atoms with Gasteiger partial charge in [-0.1, -0.05) is 12.2 Å². The Bertz CT molecular complexity index is 379. The fourth-order valence-corrected chi connectivity index (χ4v) is 2.59. The normalized spacial score (nSPS) is 15.5. The van der Waals surface area contributed by atoms with Crippen LogP contribution in [0.4, 0.5) is 0 Å². The highest BCUT2D eigenvalue weighted by Crippen LogP contribution is 2.08. The van der Waals surface area contributed by atoms with E-state index in [1.54, 1.807) is 11.3 Å². The standard InChI is InChI=1S/C13H19N3S.HI/c1-14-13(16-12-4-2-3-5-12)15-8-6-11-7-9-17-10-11;/h2-3,7,9-10,12H,4-6,8H2,1H3,(H2,14,15,16);1H. The maximum absolute atomic E-state index is 4.24. The summed E-state index contributed by atoms with van der Waals surface area (Å²) in [7, 11) is 1.82. The van der Waals surface area contributed by atoms with Crippen molar-refractivity contribution in [2.45, 2.75) is 25.3 Å². The predicted molar refractivity (Wildman–Crippen MR) is 90.1 cm³/mol. The molecule has 0 aromatic carbocycles. The molecule has 0 unspecified atom stereocenters. The third-order valence-corrected chi connectivity index (χ3v) is 3.59. The van der Waals surface area contributed by atoms with Crippen LogP contribution < -0.4 is 10.6 Å². The summed E-state index contributed by atoms with van der Waals surface area (Å²) in [6.45, 7) is 0.927. The number of hydrogen-bond acceptors (Lipinski definition) is 2. The van der Waals surface area contributed by atoms with Crippen LogP contribution in [0.15, 0.2) is 34.0 Å². The van der Waals surface area contributed by atoms with Gasteiger partial charge in [0.25, 0.3) is 0 Å². The van der Waals surface area contributed by atoms with Gasteiger partial charge in [0.1, 0.15) is 0 Å². The van der Waals surface area contributed by atoms with Crippen molar-refractivity contribution in [3.8, 4) is 0 Å². The van der Waals surface area contributed by atoms with Crippen LogP contribution >= 0.6 is 35.3 Å². The second-order valence-corrected chi connectivity index (χ2v) is 4.94. The van der Waals surface area contributed by atoms with Gasteiger partial charge in [-0.2, -0.15) is 11.3 Å². The molecule has 2 rings (SSSR count). The van der Waals surface area contributed by atoms with Crippen molar-refractivity contribution >= 4 is 41.3 Å². The van der Waals surface area contributed by atoms with E-state index in [-0.39, 0.29) is 24.0 Å². The molecular formula is C13H20IN3S. The molecule has 2 N–H and O–H groups in total. The molecule has 3 nitrogen and oxygen atoms in total. The van der Waals surface area contributed by atoms with Crippen molar-refractivity contribution in [2.24, 2.45) is 4.99 Å². The van der Waals surface area contributed by atoms with E-state index < -0.39 is 0 Å². The summed E-state index contributed by atoms with van der Waals surface area (Å²) in [6.07, 6.45) is 7.69. The van der Waals surface area contributed by atoms with Gasteiger partial charge >= 0.3 is 0 Å². The maximum Gasteiger partial charge on any atom is 0.191 e. The third kappa shape index (κ3) is 4.97. The molecular weight excluding hydrogens is 357 g/mol. The molecule has 0 saturated heterocycles. The highest BCUT2D eigenvalue weighted by molar-refractivity contribution is 14.0. The van der Waals surface area contributed by atoms with Crippen molar-refractivity contribution in [1.82, 2.24) is 10.6 Å². The fraction of sp³-hybridized carbons (Fsp3) is 0.462. The Morgan fingerprint density at radius 2 is 2.22 bits per heavy atom. The molecule has 1 aromatic rings. The lowest BCUT2D eigenvalue weighted by atomic mass is 10.2. The number of thiophene rings is 1. The summed E-state index contributed by atoms with van der Waals surface area (Å²) in [5.41, 5.74) is 1.39. The van der Waals surface area contributed by atoms with Gasteiger partial charge in [-0.3, -0.25) is 4.99 Å². The molecule has 0 atom stereocenters. The summed E-state index contributed by atoms with van der Waals surface area (Å²) in [5, 5.41) is 11.1. The summed E-state index contributed by atoms with van der Waals surface area (Å²) in [5.74, 6) is 0.911. The van der Waals surface area contributed by atoms with Crippen molar-refractivity contribution < 1.29 is 0 Å². The Morgan fingerprint density at radius 3 is 2.83 bits per heavy atom. The van der Waals surface area contributed by atoms with Gasteiger partial charge in [-0.05, 0) is 41.7 Å². The first-order chi connectivity index (χ1) is 8.38. The quantitative estimate of drug-likeness (QED) is 0.367. The Morgan fingerprint density at radius 1 is 1.44 bits per heavy atom. The molecule has 0 radical (unpaired) electrons. The number of hydrogen-bond donors (Lipinski definition) is 2. The summed E-state index contributed by atoms with van der Waals surface area (Å²) >= 11 is 1.75. The Hall–Kier alpha value is -0.560. The molecule has 18 heavy (non-hydrogen) atoms. The number of guanidine groups is 1. The highest BCUT2D eigenvalue weighted by atomic mass is 127. The Kier molecular flexibility index (Phi) is 7.34. The summed E-state index contributed by atoms with van der Waals surface area (Å²) in [6, 6.07) is 2.69. The van der Waals surface area contributed by atoms with Gasteiger partial charge in [0, 0.05) is 19.6 Å². The summed E-state index contributed by atoms with van der Waals surface area (Å²) in [4.78, 5) is 4.24. The van der Waals surface area contributed by atoms with E-state index in [1.165, 1.54) is 5.56 Å². The molecule has 0 saturated carbocycles. The van der Waals surface area contributed by atoms with Crippen LogP contribution in [-0.2, 0) is 6.42 Å². The van der Waals surface area contributed by atoms with E-state index in [1.807, 2.05) is 7.05 Å². The van der Waals surface area contributed by atoms with Crippen LogP contribution in [-0.4, -0.2) is 25.6 Å². The van der Waals surface area contributed by atoms with E-state index in [0.29, 0.717) is 6.04 Å². The van der Waals surface area contributed by atoms with Gasteiger partial charge in [-0.25, -0.2) is 0 Å². The Labute approximate surface area is 130 Å². The maximum atomic E-state index is 4.24. The lowest BCUT2D eigenvalue weighted by Crippen LogP contribution is -2.43. The fourth-order valence-electron chi connectivity index (χ4n) is 1.88. The van der Waals surface area contributed by atoms with Crippen LogP contribution in [0, 0.1) is 0 Å². The minimum Gasteiger partial charge on any atom is -0.356 e. The average molecular weight is 377 g/mol. The number of rotatable bonds is 4. The van der Waals surface area contributed by atoms with Crippen molar-refractivity contribution in [2.75, 3.05) is 13.6 Å². The minimum absolute atomic E-state index is 0. The summed E-state index contributed by atoms with van der Waals surface area (Å²) < 4.78 is 0. The number of nitrogens with one attached hydrogen (secondary N) is 2. The van der Waals surface area contributed by atoms with Gasteiger partial charge in [0.2, 0.25) is 0 Å². The molecule has 1 aliphatic carbocycles. The van der Waals surface area contributed by atoms with E-state index in [9.17, 15) is 0 Å². The smallest absolute Gasteiger partial charge is 0.191 e. The topological polar surface area (TPSA) is 36.4 Å². The second-order valence-electron chi connectivity index (χ2n) is 4.16. The van der Waals surface area contributed by atoms with E-state index in [2.05, 4.69) is 44.6 Å². The predicted octanol–water partition coefficient (Wildman–Crippen LogP) is 2.79. The molecule has 1 heterocycles. The molecule has 1 aliphatic rings. The third-order valence-electron chi connectivity index (χ3n) is 2.86. The average Bonchev–Trinajstić information content (AvgIpc) is 3.00. The SMILES string of the molecule is CN=C(NCCc1ccsc1)NC1CC=CC1.I. The van der Waals surface area contributed by atoms with Crippen LogP contribution in [0.2, 0.25) is 0 Å². The van der Waals surface area contributed by atoms with E-state index in [0.717, 1.165) is 31.8 Å². The van der Waals surface area contributed by atoms with Gasteiger partial charge in [0.05, 0.1) is 0 Å². The number of nitrogens with zero attached hydrogens (tertiary/aromatic N) is 1. The first kappa shape index (κ1) is 15.5. The highest BCUT2D eigenvalue weighted by Gasteiger charge is 2.10. The van der Waals surface area contributed by atoms with Crippen molar-refractivity contribution in [3.05, 3.63) is 34.5 Å². The lowest BCUT2D eigenvalue weighted by molar-refractivity contribution is 0.633. The molecule has 0 bridgehead atoms. The van der Waals surface area contributed by atoms with Gasteiger partial charge in [-0.15, -0.1) is 24.0 Å². The molecule has 1 aromatic heterocycles. The molecule has 100 valence electrons. The largest absolute Gasteiger partial charge is 0.356 e. The van der Waals surface area contributed by atoms with Crippen molar-refractivity contribution in [3.63, 3.8) is 0 Å². The molecule has 0 spiro atoms.